The van der Waals surface area contributed by atoms with E-state index in [0.717, 1.165) is 50.4 Å². The normalized spacial score (nSPS) is 17.2. The molecule has 3 rings (SSSR count). The predicted molar refractivity (Wildman–Crippen MR) is 80.0 cm³/mol. The van der Waals surface area contributed by atoms with Gasteiger partial charge in [-0.15, -0.1) is 0 Å². The Balaban J connectivity index is 1.54. The number of rotatable bonds is 5. The number of piperazine rings is 1. The van der Waals surface area contributed by atoms with E-state index in [2.05, 4.69) is 21.8 Å². The number of hydrogen-bond acceptors (Lipinski definition) is 5. The quantitative estimate of drug-likeness (QED) is 0.761. The second-order valence-corrected chi connectivity index (χ2v) is 5.38. The molecule has 0 atom stereocenters. The van der Waals surface area contributed by atoms with Gasteiger partial charge in [-0.3, -0.25) is 14.1 Å². The number of aldehydes is 1. The number of carbonyl (C=O) groups is 1. The molecule has 0 N–H and O–H groups in total. The summed E-state index contributed by atoms with van der Waals surface area (Å²) in [5.41, 5.74) is 1.28. The van der Waals surface area contributed by atoms with Gasteiger partial charge in [0.25, 0.3) is 0 Å². The monoisotopic (exact) mass is 288 g/mol. The highest BCUT2D eigenvalue weighted by atomic mass is 16.5. The highest BCUT2D eigenvalue weighted by Crippen LogP contribution is 2.15. The van der Waals surface area contributed by atoms with Gasteiger partial charge in [0, 0.05) is 45.0 Å². The summed E-state index contributed by atoms with van der Waals surface area (Å²) >= 11 is 0. The number of nitrogens with zero attached hydrogens (tertiary/aromatic N) is 4. The molecule has 2 aromatic heterocycles. The fourth-order valence-electron chi connectivity index (χ4n) is 2.52. The van der Waals surface area contributed by atoms with Gasteiger partial charge in [-0.2, -0.15) is 0 Å². The van der Waals surface area contributed by atoms with E-state index in [4.69, 9.17) is 4.74 Å². The van der Waals surface area contributed by atoms with Crippen LogP contribution in [0.3, 0.4) is 0 Å². The van der Waals surface area contributed by atoms with Gasteiger partial charge < -0.3 is 9.64 Å². The zero-order valence-corrected chi connectivity index (χ0v) is 12.2. The van der Waals surface area contributed by atoms with Crippen molar-refractivity contribution in [3.63, 3.8) is 0 Å². The lowest BCUT2D eigenvalue weighted by Crippen LogP contribution is -2.45. The Hall–Kier alpha value is -1.92. The Labute approximate surface area is 123 Å². The smallest absolute Gasteiger partial charge is 0.168 e. The topological polar surface area (TPSA) is 50.1 Å². The van der Waals surface area contributed by atoms with Crippen molar-refractivity contribution in [3.8, 4) is 5.75 Å². The first-order chi connectivity index (χ1) is 10.3. The minimum absolute atomic E-state index is 0.550. The maximum absolute atomic E-state index is 10.8. The molecular weight excluding hydrogens is 268 g/mol. The number of likely N-dealkylation sites (N-methyl/N-ethyl adjacent to an activating group) is 1. The third-order valence-electron chi connectivity index (χ3n) is 3.91. The molecule has 2 aromatic rings. The van der Waals surface area contributed by atoms with Crippen molar-refractivity contribution in [1.29, 1.82) is 0 Å². The zero-order chi connectivity index (χ0) is 14.7. The van der Waals surface area contributed by atoms with Gasteiger partial charge in [-0.05, 0) is 13.1 Å². The lowest BCUT2D eigenvalue weighted by atomic mass is 10.3. The van der Waals surface area contributed by atoms with Crippen LogP contribution in [0.5, 0.6) is 5.75 Å². The molecule has 0 spiro atoms. The van der Waals surface area contributed by atoms with E-state index in [1.54, 1.807) is 10.6 Å². The molecule has 0 amide bonds. The first-order valence-electron chi connectivity index (χ1n) is 7.22. The minimum Gasteiger partial charge on any atom is -0.492 e. The van der Waals surface area contributed by atoms with Gasteiger partial charge in [-0.25, -0.2) is 4.98 Å². The fourth-order valence-corrected chi connectivity index (χ4v) is 2.52. The SMILES string of the molecule is CN1CCN(CCOc2ccn3c(C=O)cnc3c2)CC1. The summed E-state index contributed by atoms with van der Waals surface area (Å²) in [6.45, 7) is 6.04. The Morgan fingerprint density at radius 1 is 1.33 bits per heavy atom. The number of imidazole rings is 1. The van der Waals surface area contributed by atoms with Crippen molar-refractivity contribution < 1.29 is 9.53 Å². The zero-order valence-electron chi connectivity index (χ0n) is 12.2. The molecule has 1 aliphatic heterocycles. The highest BCUT2D eigenvalue weighted by Gasteiger charge is 2.13. The van der Waals surface area contributed by atoms with E-state index < -0.39 is 0 Å². The minimum atomic E-state index is 0.550. The Kier molecular flexibility index (Phi) is 4.17. The van der Waals surface area contributed by atoms with Crippen LogP contribution in [0.15, 0.2) is 24.5 Å². The summed E-state index contributed by atoms with van der Waals surface area (Å²) < 4.78 is 7.54. The Morgan fingerprint density at radius 3 is 2.90 bits per heavy atom. The third kappa shape index (κ3) is 3.22. The maximum Gasteiger partial charge on any atom is 0.168 e. The first kappa shape index (κ1) is 14.0. The van der Waals surface area contributed by atoms with Crippen LogP contribution < -0.4 is 4.74 Å². The molecule has 21 heavy (non-hydrogen) atoms. The van der Waals surface area contributed by atoms with Crippen LogP contribution in [0.2, 0.25) is 0 Å². The van der Waals surface area contributed by atoms with Crippen molar-refractivity contribution in [1.82, 2.24) is 19.2 Å². The van der Waals surface area contributed by atoms with Crippen LogP contribution in [0.25, 0.3) is 5.65 Å². The average Bonchev–Trinajstić information content (AvgIpc) is 2.91. The molecule has 0 radical (unpaired) electrons. The molecule has 1 aliphatic rings. The number of carbonyl (C=O) groups excluding carboxylic acids is 1. The summed E-state index contributed by atoms with van der Waals surface area (Å²) in [6.07, 6.45) is 4.18. The van der Waals surface area contributed by atoms with E-state index in [-0.39, 0.29) is 0 Å². The summed E-state index contributed by atoms with van der Waals surface area (Å²) in [5.74, 6) is 0.791. The summed E-state index contributed by atoms with van der Waals surface area (Å²) in [5, 5.41) is 0. The first-order valence-corrected chi connectivity index (χ1v) is 7.22. The molecule has 6 nitrogen and oxygen atoms in total. The van der Waals surface area contributed by atoms with Crippen molar-refractivity contribution in [2.24, 2.45) is 0 Å². The van der Waals surface area contributed by atoms with Crippen molar-refractivity contribution >= 4 is 11.9 Å². The molecule has 1 fully saturated rings. The molecule has 3 heterocycles. The summed E-state index contributed by atoms with van der Waals surface area (Å²) in [6, 6.07) is 3.72. The number of aromatic nitrogens is 2. The van der Waals surface area contributed by atoms with E-state index in [9.17, 15) is 4.79 Å². The van der Waals surface area contributed by atoms with Crippen LogP contribution in [0.4, 0.5) is 0 Å². The van der Waals surface area contributed by atoms with E-state index >= 15 is 0 Å². The standard InChI is InChI=1S/C15H20N4O2/c1-17-4-6-18(7-5-17)8-9-21-14-2-3-19-13(12-20)11-16-15(19)10-14/h2-3,10-12H,4-9H2,1H3. The molecule has 0 unspecified atom stereocenters. The third-order valence-corrected chi connectivity index (χ3v) is 3.91. The molecule has 0 bridgehead atoms. The van der Waals surface area contributed by atoms with Gasteiger partial charge in [0.1, 0.15) is 23.7 Å². The molecular formula is C15H20N4O2. The lowest BCUT2D eigenvalue weighted by molar-refractivity contribution is 0.111. The van der Waals surface area contributed by atoms with Crippen LogP contribution in [-0.2, 0) is 0 Å². The Morgan fingerprint density at radius 2 is 2.14 bits per heavy atom. The Bertz CT molecular complexity index is 617. The van der Waals surface area contributed by atoms with Gasteiger partial charge in [0.05, 0.1) is 6.20 Å². The van der Waals surface area contributed by atoms with Crippen molar-refractivity contribution in [2.75, 3.05) is 46.4 Å². The van der Waals surface area contributed by atoms with Crippen molar-refractivity contribution in [2.45, 2.75) is 0 Å². The molecule has 0 aliphatic carbocycles. The van der Waals surface area contributed by atoms with E-state index in [1.807, 2.05) is 18.3 Å². The van der Waals surface area contributed by atoms with Gasteiger partial charge >= 0.3 is 0 Å². The van der Waals surface area contributed by atoms with E-state index in [0.29, 0.717) is 12.3 Å². The van der Waals surface area contributed by atoms with Crippen LogP contribution in [0.1, 0.15) is 10.5 Å². The van der Waals surface area contributed by atoms with E-state index in [1.165, 1.54) is 0 Å². The number of pyridine rings is 1. The maximum atomic E-state index is 10.8. The number of fused-ring (bicyclic) bond motifs is 1. The largest absolute Gasteiger partial charge is 0.492 e. The molecule has 0 saturated carbocycles. The number of hydrogen-bond donors (Lipinski definition) is 0. The second kappa shape index (κ2) is 6.24. The van der Waals surface area contributed by atoms with Crippen LogP contribution in [0, 0.1) is 0 Å². The lowest BCUT2D eigenvalue weighted by Gasteiger charge is -2.32. The molecule has 6 heteroatoms. The molecule has 0 aromatic carbocycles. The summed E-state index contributed by atoms with van der Waals surface area (Å²) in [7, 11) is 2.15. The highest BCUT2D eigenvalue weighted by molar-refractivity contribution is 5.74. The van der Waals surface area contributed by atoms with Gasteiger partial charge in [0.15, 0.2) is 6.29 Å². The molecule has 1 saturated heterocycles. The second-order valence-electron chi connectivity index (χ2n) is 5.38. The average molecular weight is 288 g/mol. The van der Waals surface area contributed by atoms with Gasteiger partial charge in [0.2, 0.25) is 0 Å². The number of ether oxygens (including phenoxy) is 1. The van der Waals surface area contributed by atoms with Gasteiger partial charge in [-0.1, -0.05) is 0 Å². The fraction of sp³-hybridized carbons (Fsp3) is 0.467. The van der Waals surface area contributed by atoms with Crippen LogP contribution >= 0.6 is 0 Å². The van der Waals surface area contributed by atoms with Crippen molar-refractivity contribution in [3.05, 3.63) is 30.2 Å². The van der Waals surface area contributed by atoms with Crippen LogP contribution in [-0.4, -0.2) is 71.8 Å². The summed E-state index contributed by atoms with van der Waals surface area (Å²) in [4.78, 5) is 19.8. The predicted octanol–water partition coefficient (Wildman–Crippen LogP) is 0.773. The molecule has 112 valence electrons.